The smallest absolute Gasteiger partial charge is 0.270 e. The van der Waals surface area contributed by atoms with E-state index in [1.54, 1.807) is 24.3 Å². The summed E-state index contributed by atoms with van der Waals surface area (Å²) in [4.78, 5) is 17.5. The summed E-state index contributed by atoms with van der Waals surface area (Å²) in [5, 5.41) is 10.0. The van der Waals surface area contributed by atoms with Gasteiger partial charge in [0, 0.05) is 56.1 Å². The third kappa shape index (κ3) is 5.33. The monoisotopic (exact) mass is 506 g/mol. The number of rotatable bonds is 5. The van der Waals surface area contributed by atoms with E-state index < -0.39 is 5.92 Å². The van der Waals surface area contributed by atoms with Gasteiger partial charge < -0.3 is 19.1 Å². The topological polar surface area (TPSA) is 61.5 Å². The normalized spacial score (nSPS) is 18.8. The van der Waals surface area contributed by atoms with Crippen molar-refractivity contribution < 1.29 is 18.3 Å². The van der Waals surface area contributed by atoms with Gasteiger partial charge in [-0.1, -0.05) is 0 Å². The van der Waals surface area contributed by atoms with Gasteiger partial charge in [0.2, 0.25) is 0 Å². The first-order chi connectivity index (χ1) is 17.7. The van der Waals surface area contributed by atoms with Crippen molar-refractivity contribution in [3.63, 3.8) is 0 Å². The molecule has 0 N–H and O–H groups in total. The standard InChI is InChI=1S/C29H32F2N4O2/c1-20(2)33-13-9-24(10-14-33)37-25-7-8-26-22(17-25)18-27(28(36)34-15-11-29(30,31)12-16-34)35(26)23-5-3-21(19-32)4-6-23/h3-8,17-18,20,24H,9-16H2,1-2H3. The zero-order valence-corrected chi connectivity index (χ0v) is 21.3. The van der Waals surface area contributed by atoms with Crippen LogP contribution < -0.4 is 4.74 Å². The molecule has 0 aliphatic carbocycles. The number of fused-ring (bicyclic) bond motifs is 1. The molecule has 8 heteroatoms. The summed E-state index contributed by atoms with van der Waals surface area (Å²) in [7, 11) is 0. The lowest BCUT2D eigenvalue weighted by atomic mass is 10.1. The van der Waals surface area contributed by atoms with Gasteiger partial charge in [-0.25, -0.2) is 8.78 Å². The van der Waals surface area contributed by atoms with Crippen LogP contribution in [0.3, 0.4) is 0 Å². The van der Waals surface area contributed by atoms with Gasteiger partial charge in [0.15, 0.2) is 0 Å². The van der Waals surface area contributed by atoms with E-state index in [4.69, 9.17) is 4.74 Å². The number of benzene rings is 2. The van der Waals surface area contributed by atoms with Crippen LogP contribution in [0.2, 0.25) is 0 Å². The van der Waals surface area contributed by atoms with Crippen LogP contribution in [0, 0.1) is 11.3 Å². The molecule has 0 unspecified atom stereocenters. The fourth-order valence-corrected chi connectivity index (χ4v) is 5.29. The molecule has 5 rings (SSSR count). The number of halogens is 2. The maximum atomic E-state index is 13.7. The number of piperidine rings is 2. The molecule has 0 spiro atoms. The van der Waals surface area contributed by atoms with Crippen molar-refractivity contribution >= 4 is 16.8 Å². The summed E-state index contributed by atoms with van der Waals surface area (Å²) in [5.41, 5.74) is 2.48. The van der Waals surface area contributed by atoms with Crippen LogP contribution in [-0.4, -0.2) is 64.5 Å². The Morgan fingerprint density at radius 3 is 2.32 bits per heavy atom. The quantitative estimate of drug-likeness (QED) is 0.450. The van der Waals surface area contributed by atoms with Crippen molar-refractivity contribution in [3.8, 4) is 17.5 Å². The first-order valence-electron chi connectivity index (χ1n) is 13.0. The number of nitrogens with zero attached hydrogens (tertiary/aromatic N) is 4. The third-order valence-corrected chi connectivity index (χ3v) is 7.54. The number of aromatic nitrogens is 1. The van der Waals surface area contributed by atoms with E-state index in [1.165, 1.54) is 4.90 Å². The molecule has 2 aliphatic rings. The molecule has 3 aromatic rings. The molecule has 0 radical (unpaired) electrons. The molecule has 2 fully saturated rings. The number of hydrogen-bond donors (Lipinski definition) is 0. The first kappa shape index (κ1) is 25.2. The zero-order chi connectivity index (χ0) is 26.2. The number of amides is 1. The molecular weight excluding hydrogens is 474 g/mol. The molecule has 0 atom stereocenters. The molecule has 194 valence electrons. The lowest BCUT2D eigenvalue weighted by Gasteiger charge is -2.34. The average molecular weight is 507 g/mol. The van der Waals surface area contributed by atoms with Crippen molar-refractivity contribution in [1.82, 2.24) is 14.4 Å². The van der Waals surface area contributed by atoms with Gasteiger partial charge in [-0.3, -0.25) is 4.79 Å². The molecule has 3 heterocycles. The van der Waals surface area contributed by atoms with Gasteiger partial charge in [-0.2, -0.15) is 5.26 Å². The zero-order valence-electron chi connectivity index (χ0n) is 21.3. The van der Waals surface area contributed by atoms with Crippen LogP contribution >= 0.6 is 0 Å². The number of carbonyl (C=O) groups is 1. The molecule has 0 saturated carbocycles. The number of nitriles is 1. The molecule has 0 bridgehead atoms. The van der Waals surface area contributed by atoms with E-state index in [0.717, 1.165) is 48.3 Å². The lowest BCUT2D eigenvalue weighted by molar-refractivity contribution is -0.0495. The highest BCUT2D eigenvalue weighted by molar-refractivity contribution is 6.00. The summed E-state index contributed by atoms with van der Waals surface area (Å²) in [6.45, 7) is 6.47. The highest BCUT2D eigenvalue weighted by Crippen LogP contribution is 2.32. The summed E-state index contributed by atoms with van der Waals surface area (Å²) in [6.07, 6.45) is 1.41. The summed E-state index contributed by atoms with van der Waals surface area (Å²) in [6, 6.07) is 17.3. The van der Waals surface area contributed by atoms with Gasteiger partial charge >= 0.3 is 0 Å². The Hall–Kier alpha value is -3.44. The summed E-state index contributed by atoms with van der Waals surface area (Å²) < 4.78 is 35.6. The molecule has 37 heavy (non-hydrogen) atoms. The molecular formula is C29H32F2N4O2. The fraction of sp³-hybridized carbons (Fsp3) is 0.448. The van der Waals surface area contributed by atoms with Crippen molar-refractivity contribution in [3.05, 3.63) is 59.8 Å². The second-order valence-corrected chi connectivity index (χ2v) is 10.3. The summed E-state index contributed by atoms with van der Waals surface area (Å²) >= 11 is 0. The van der Waals surface area contributed by atoms with Gasteiger partial charge in [0.05, 0.1) is 17.1 Å². The van der Waals surface area contributed by atoms with E-state index in [1.807, 2.05) is 28.8 Å². The van der Waals surface area contributed by atoms with E-state index in [-0.39, 0.29) is 37.9 Å². The Morgan fingerprint density at radius 1 is 1.03 bits per heavy atom. The lowest BCUT2D eigenvalue weighted by Crippen LogP contribution is -2.43. The second kappa shape index (κ2) is 10.1. The van der Waals surface area contributed by atoms with Crippen LogP contribution in [0.25, 0.3) is 16.6 Å². The van der Waals surface area contributed by atoms with E-state index in [2.05, 4.69) is 24.8 Å². The number of hydrogen-bond acceptors (Lipinski definition) is 4. The number of alkyl halides is 2. The van der Waals surface area contributed by atoms with Crippen LogP contribution in [0.4, 0.5) is 8.78 Å². The Kier molecular flexibility index (Phi) is 6.91. The Labute approximate surface area is 216 Å². The van der Waals surface area contributed by atoms with Crippen LogP contribution in [0.1, 0.15) is 55.6 Å². The van der Waals surface area contributed by atoms with Gasteiger partial charge in [-0.15, -0.1) is 0 Å². The van der Waals surface area contributed by atoms with Crippen molar-refractivity contribution in [2.75, 3.05) is 26.2 Å². The maximum Gasteiger partial charge on any atom is 0.270 e. The number of ether oxygens (including phenoxy) is 1. The van der Waals surface area contributed by atoms with Gasteiger partial charge in [-0.05, 0) is 75.2 Å². The number of likely N-dealkylation sites (tertiary alicyclic amines) is 2. The third-order valence-electron chi connectivity index (χ3n) is 7.54. The highest BCUT2D eigenvalue weighted by Gasteiger charge is 2.36. The van der Waals surface area contributed by atoms with Crippen LogP contribution in [0.15, 0.2) is 48.5 Å². The molecule has 2 aromatic carbocycles. The molecule has 6 nitrogen and oxygen atoms in total. The Morgan fingerprint density at radius 2 is 1.70 bits per heavy atom. The van der Waals surface area contributed by atoms with Crippen LogP contribution in [0.5, 0.6) is 5.75 Å². The molecule has 1 amide bonds. The Balaban J connectivity index is 1.46. The van der Waals surface area contributed by atoms with Crippen molar-refractivity contribution in [1.29, 1.82) is 5.26 Å². The van der Waals surface area contributed by atoms with Gasteiger partial charge in [0.25, 0.3) is 11.8 Å². The van der Waals surface area contributed by atoms with E-state index >= 15 is 0 Å². The molecule has 1 aromatic heterocycles. The molecule has 2 saturated heterocycles. The van der Waals surface area contributed by atoms with E-state index in [9.17, 15) is 18.8 Å². The fourth-order valence-electron chi connectivity index (χ4n) is 5.29. The Bertz CT molecular complexity index is 1310. The predicted octanol–water partition coefficient (Wildman–Crippen LogP) is 5.63. The minimum absolute atomic E-state index is 0.0180. The minimum Gasteiger partial charge on any atom is -0.490 e. The second-order valence-electron chi connectivity index (χ2n) is 10.3. The number of carbonyl (C=O) groups excluding carboxylic acids is 1. The van der Waals surface area contributed by atoms with E-state index in [0.29, 0.717) is 17.3 Å². The summed E-state index contributed by atoms with van der Waals surface area (Å²) in [5.74, 6) is -2.25. The average Bonchev–Trinajstić information content (AvgIpc) is 3.27. The highest BCUT2D eigenvalue weighted by atomic mass is 19.3. The predicted molar refractivity (Wildman–Crippen MR) is 138 cm³/mol. The van der Waals surface area contributed by atoms with Crippen molar-refractivity contribution in [2.24, 2.45) is 0 Å². The van der Waals surface area contributed by atoms with Crippen molar-refractivity contribution in [2.45, 2.75) is 57.6 Å². The van der Waals surface area contributed by atoms with Crippen LogP contribution in [-0.2, 0) is 0 Å². The first-order valence-corrected chi connectivity index (χ1v) is 13.0. The largest absolute Gasteiger partial charge is 0.490 e. The minimum atomic E-state index is -2.73. The SMILES string of the molecule is CC(C)N1CCC(Oc2ccc3c(c2)cc(C(=O)N2CCC(F)(F)CC2)n3-c2ccc(C#N)cc2)CC1. The molecule has 2 aliphatic heterocycles. The maximum absolute atomic E-state index is 13.7. The van der Waals surface area contributed by atoms with Gasteiger partial charge in [0.1, 0.15) is 17.5 Å².